The molecule has 2 N–H and O–H groups in total. The van der Waals surface area contributed by atoms with Crippen LogP contribution < -0.4 is 10.6 Å². The minimum absolute atomic E-state index is 0.683. The molecule has 0 saturated carbocycles. The molecule has 0 bridgehead atoms. The van der Waals surface area contributed by atoms with Gasteiger partial charge in [0.2, 0.25) is 0 Å². The van der Waals surface area contributed by atoms with Crippen molar-refractivity contribution in [2.75, 3.05) is 17.2 Å². The number of rotatable bonds is 5. The molecule has 2 rings (SSSR count). The standard InChI is InChI=1S/C15H18ClIN4/c1-4-13-20-14(18-5-2)9(3)15(21-13)19-12-7-6-10(17)8-11(12)16/h6-8H,4-5H2,1-3H3,(H2,18,19,20,21). The Kier molecular flexibility index (Phi) is 5.64. The maximum Gasteiger partial charge on any atom is 0.139 e. The lowest BCUT2D eigenvalue weighted by Gasteiger charge is -2.15. The van der Waals surface area contributed by atoms with Crippen molar-refractivity contribution in [3.63, 3.8) is 0 Å². The average Bonchev–Trinajstić information content (AvgIpc) is 2.46. The van der Waals surface area contributed by atoms with Crippen LogP contribution in [0.1, 0.15) is 25.2 Å². The average molecular weight is 417 g/mol. The number of benzene rings is 1. The van der Waals surface area contributed by atoms with Crippen molar-refractivity contribution < 1.29 is 0 Å². The van der Waals surface area contributed by atoms with Crippen LogP contribution in [0.5, 0.6) is 0 Å². The monoisotopic (exact) mass is 416 g/mol. The summed E-state index contributed by atoms with van der Waals surface area (Å²) in [6.07, 6.45) is 0.785. The fourth-order valence-corrected chi connectivity index (χ4v) is 2.80. The fourth-order valence-electron chi connectivity index (χ4n) is 1.90. The molecule has 0 aliphatic carbocycles. The predicted molar refractivity (Wildman–Crippen MR) is 97.8 cm³/mol. The molecule has 1 aromatic heterocycles. The lowest BCUT2D eigenvalue weighted by Crippen LogP contribution is -2.09. The van der Waals surface area contributed by atoms with Gasteiger partial charge in [-0.3, -0.25) is 0 Å². The van der Waals surface area contributed by atoms with E-state index in [1.54, 1.807) is 0 Å². The molecule has 0 radical (unpaired) electrons. The molecule has 0 amide bonds. The minimum Gasteiger partial charge on any atom is -0.370 e. The molecule has 4 nitrogen and oxygen atoms in total. The Balaban J connectivity index is 2.40. The molecule has 0 fully saturated rings. The lowest BCUT2D eigenvalue weighted by atomic mass is 10.2. The molecular weight excluding hydrogens is 399 g/mol. The summed E-state index contributed by atoms with van der Waals surface area (Å²) >= 11 is 8.52. The Labute approximate surface area is 143 Å². The van der Waals surface area contributed by atoms with Gasteiger partial charge in [0.1, 0.15) is 17.5 Å². The Morgan fingerprint density at radius 3 is 2.52 bits per heavy atom. The van der Waals surface area contributed by atoms with Crippen LogP contribution in [0.3, 0.4) is 0 Å². The second-order valence-electron chi connectivity index (χ2n) is 4.60. The summed E-state index contributed by atoms with van der Waals surface area (Å²) in [5, 5.41) is 7.27. The van der Waals surface area contributed by atoms with Gasteiger partial charge in [-0.2, -0.15) is 0 Å². The third kappa shape index (κ3) is 3.97. The van der Waals surface area contributed by atoms with E-state index in [0.717, 1.165) is 45.2 Å². The Morgan fingerprint density at radius 1 is 1.19 bits per heavy atom. The lowest BCUT2D eigenvalue weighted by molar-refractivity contribution is 0.930. The van der Waals surface area contributed by atoms with Crippen LogP contribution in [-0.4, -0.2) is 16.5 Å². The van der Waals surface area contributed by atoms with Crippen molar-refractivity contribution in [1.82, 2.24) is 9.97 Å². The summed E-state index contributed by atoms with van der Waals surface area (Å²) in [5.41, 5.74) is 1.84. The van der Waals surface area contributed by atoms with Crippen molar-refractivity contribution in [3.05, 3.63) is 38.2 Å². The summed E-state index contributed by atoms with van der Waals surface area (Å²) in [6.45, 7) is 6.92. The molecule has 6 heteroatoms. The van der Waals surface area contributed by atoms with Gasteiger partial charge in [0.15, 0.2) is 0 Å². The number of aromatic nitrogens is 2. The van der Waals surface area contributed by atoms with E-state index in [1.807, 2.05) is 32.0 Å². The van der Waals surface area contributed by atoms with Crippen molar-refractivity contribution in [3.8, 4) is 0 Å². The fraction of sp³-hybridized carbons (Fsp3) is 0.333. The number of halogens is 2. The molecule has 1 aromatic carbocycles. The third-order valence-electron chi connectivity index (χ3n) is 3.04. The molecule has 0 aliphatic heterocycles. The van der Waals surface area contributed by atoms with Crippen molar-refractivity contribution in [2.45, 2.75) is 27.2 Å². The second kappa shape index (κ2) is 7.26. The summed E-state index contributed by atoms with van der Waals surface area (Å²) in [4.78, 5) is 9.09. The molecule has 112 valence electrons. The number of nitrogens with one attached hydrogen (secondary N) is 2. The van der Waals surface area contributed by atoms with E-state index in [-0.39, 0.29) is 0 Å². The summed E-state index contributed by atoms with van der Waals surface area (Å²) in [7, 11) is 0. The van der Waals surface area contributed by atoms with Gasteiger partial charge in [-0.05, 0) is 54.6 Å². The highest BCUT2D eigenvalue weighted by Crippen LogP contribution is 2.29. The molecule has 1 heterocycles. The molecule has 0 spiro atoms. The van der Waals surface area contributed by atoms with E-state index >= 15 is 0 Å². The van der Waals surface area contributed by atoms with Crippen LogP contribution >= 0.6 is 34.2 Å². The predicted octanol–water partition coefficient (Wildman–Crippen LogP) is 4.78. The van der Waals surface area contributed by atoms with Gasteiger partial charge in [0.25, 0.3) is 0 Å². The largest absolute Gasteiger partial charge is 0.370 e. The first-order chi connectivity index (χ1) is 10.0. The van der Waals surface area contributed by atoms with E-state index < -0.39 is 0 Å². The summed E-state index contributed by atoms with van der Waals surface area (Å²) in [6, 6.07) is 5.90. The Morgan fingerprint density at radius 2 is 1.90 bits per heavy atom. The first kappa shape index (κ1) is 16.3. The zero-order valence-corrected chi connectivity index (χ0v) is 15.2. The number of anilines is 3. The van der Waals surface area contributed by atoms with Gasteiger partial charge in [-0.25, -0.2) is 9.97 Å². The summed E-state index contributed by atoms with van der Waals surface area (Å²) in [5.74, 6) is 2.47. The molecular formula is C15H18ClIN4. The van der Waals surface area contributed by atoms with Crippen LogP contribution in [0, 0.1) is 10.5 Å². The number of hydrogen-bond acceptors (Lipinski definition) is 4. The van der Waals surface area contributed by atoms with Crippen LogP contribution in [0.4, 0.5) is 17.3 Å². The third-order valence-corrected chi connectivity index (χ3v) is 4.02. The highest BCUT2D eigenvalue weighted by molar-refractivity contribution is 14.1. The maximum atomic E-state index is 6.28. The minimum atomic E-state index is 0.683. The van der Waals surface area contributed by atoms with E-state index in [2.05, 4.69) is 50.1 Å². The van der Waals surface area contributed by atoms with E-state index in [0.29, 0.717) is 5.02 Å². The van der Waals surface area contributed by atoms with Crippen LogP contribution in [0.2, 0.25) is 5.02 Å². The zero-order valence-electron chi connectivity index (χ0n) is 12.3. The van der Waals surface area contributed by atoms with Crippen LogP contribution in [0.25, 0.3) is 0 Å². The Bertz CT molecular complexity index is 646. The van der Waals surface area contributed by atoms with Gasteiger partial charge in [0.05, 0.1) is 10.7 Å². The number of nitrogens with zero attached hydrogens (tertiary/aromatic N) is 2. The van der Waals surface area contributed by atoms with E-state index in [1.165, 1.54) is 0 Å². The second-order valence-corrected chi connectivity index (χ2v) is 6.25. The Hall–Kier alpha value is -1.08. The van der Waals surface area contributed by atoms with Crippen molar-refractivity contribution in [2.24, 2.45) is 0 Å². The van der Waals surface area contributed by atoms with E-state index in [4.69, 9.17) is 11.6 Å². The quantitative estimate of drug-likeness (QED) is 0.689. The number of hydrogen-bond donors (Lipinski definition) is 2. The van der Waals surface area contributed by atoms with Gasteiger partial charge in [0, 0.05) is 22.1 Å². The first-order valence-corrected chi connectivity index (χ1v) is 8.34. The SMILES string of the molecule is CCNc1nc(CC)nc(Nc2ccc(I)cc2Cl)c1C. The molecule has 0 atom stereocenters. The zero-order chi connectivity index (χ0) is 15.4. The smallest absolute Gasteiger partial charge is 0.139 e. The highest BCUT2D eigenvalue weighted by Gasteiger charge is 2.11. The van der Waals surface area contributed by atoms with Crippen molar-refractivity contribution in [1.29, 1.82) is 0 Å². The van der Waals surface area contributed by atoms with Gasteiger partial charge in [-0.15, -0.1) is 0 Å². The highest BCUT2D eigenvalue weighted by atomic mass is 127. The topological polar surface area (TPSA) is 49.8 Å². The van der Waals surface area contributed by atoms with Crippen LogP contribution in [0.15, 0.2) is 18.2 Å². The molecule has 0 unspecified atom stereocenters. The van der Waals surface area contributed by atoms with Crippen molar-refractivity contribution >= 4 is 51.5 Å². The molecule has 2 aromatic rings. The van der Waals surface area contributed by atoms with E-state index in [9.17, 15) is 0 Å². The number of aryl methyl sites for hydroxylation is 1. The van der Waals surface area contributed by atoms with Gasteiger partial charge >= 0.3 is 0 Å². The summed E-state index contributed by atoms with van der Waals surface area (Å²) < 4.78 is 1.10. The van der Waals surface area contributed by atoms with Gasteiger partial charge < -0.3 is 10.6 Å². The van der Waals surface area contributed by atoms with Gasteiger partial charge in [-0.1, -0.05) is 18.5 Å². The molecule has 0 saturated heterocycles. The maximum absolute atomic E-state index is 6.28. The molecule has 21 heavy (non-hydrogen) atoms. The first-order valence-electron chi connectivity index (χ1n) is 6.88. The van der Waals surface area contributed by atoms with Crippen LogP contribution in [-0.2, 0) is 6.42 Å². The normalized spacial score (nSPS) is 10.5. The molecule has 0 aliphatic rings.